The quantitative estimate of drug-likeness (QED) is 0.553. The summed E-state index contributed by atoms with van der Waals surface area (Å²) in [6.45, 7) is 9.38. The number of nitrogens with one attached hydrogen (secondary N) is 1. The maximum absolute atomic E-state index is 13.5. The molecule has 3 fully saturated rings. The summed E-state index contributed by atoms with van der Waals surface area (Å²) < 4.78 is 40.4. The monoisotopic (exact) mass is 539 g/mol. The summed E-state index contributed by atoms with van der Waals surface area (Å²) >= 11 is 0. The van der Waals surface area contributed by atoms with Crippen LogP contribution in [0.1, 0.15) is 90.1 Å². The average molecular weight is 540 g/mol. The fourth-order valence-corrected chi connectivity index (χ4v) is 5.90. The zero-order chi connectivity index (χ0) is 27.5. The summed E-state index contributed by atoms with van der Waals surface area (Å²) in [4.78, 5) is 25.2. The van der Waals surface area contributed by atoms with Crippen LogP contribution in [0.4, 0.5) is 19.0 Å². The molecule has 214 valence electrons. The fraction of sp³-hybridized carbons (Fsp3) is 0.821. The Morgan fingerprint density at radius 2 is 1.61 bits per heavy atom. The van der Waals surface area contributed by atoms with Crippen molar-refractivity contribution in [2.24, 2.45) is 11.8 Å². The molecule has 1 aromatic rings. The molecule has 2 saturated carbocycles. The van der Waals surface area contributed by atoms with Crippen LogP contribution in [-0.4, -0.2) is 70.8 Å². The Morgan fingerprint density at radius 1 is 0.974 bits per heavy atom. The highest BCUT2D eigenvalue weighted by Crippen LogP contribution is 2.33. The van der Waals surface area contributed by atoms with E-state index in [9.17, 15) is 23.1 Å². The molecule has 2 heterocycles. The molecule has 0 atom stereocenters. The van der Waals surface area contributed by atoms with E-state index in [0.29, 0.717) is 24.8 Å². The zero-order valence-corrected chi connectivity index (χ0v) is 23.1. The van der Waals surface area contributed by atoms with Gasteiger partial charge in [0.15, 0.2) is 0 Å². The van der Waals surface area contributed by atoms with Crippen LogP contribution in [0.3, 0.4) is 0 Å². The smallest absolute Gasteiger partial charge is 0.393 e. The molecule has 1 aliphatic heterocycles. The Bertz CT molecular complexity index is 895. The van der Waals surface area contributed by atoms with E-state index in [2.05, 4.69) is 20.2 Å². The molecule has 1 aromatic heterocycles. The largest absolute Gasteiger partial charge is 0.433 e. The lowest BCUT2D eigenvalue weighted by molar-refractivity contribution is -0.141. The third-order valence-corrected chi connectivity index (χ3v) is 8.48. The Balaban J connectivity index is 1.20. The van der Waals surface area contributed by atoms with Crippen LogP contribution in [0.5, 0.6) is 0 Å². The first-order valence-electron chi connectivity index (χ1n) is 14.3. The van der Waals surface area contributed by atoms with E-state index in [-0.39, 0.29) is 29.8 Å². The van der Waals surface area contributed by atoms with Gasteiger partial charge < -0.3 is 15.3 Å². The van der Waals surface area contributed by atoms with Gasteiger partial charge in [-0.2, -0.15) is 13.2 Å². The van der Waals surface area contributed by atoms with Crippen molar-refractivity contribution < 1.29 is 23.1 Å². The molecule has 1 amide bonds. The van der Waals surface area contributed by atoms with Crippen molar-refractivity contribution in [2.45, 2.75) is 102 Å². The molecule has 0 bridgehead atoms. The minimum absolute atomic E-state index is 0.0530. The number of alkyl halides is 3. The topological polar surface area (TPSA) is 81.6 Å². The van der Waals surface area contributed by atoms with E-state index < -0.39 is 17.3 Å². The number of hydrogen-bond acceptors (Lipinski definition) is 6. The third-order valence-electron chi connectivity index (χ3n) is 8.48. The maximum atomic E-state index is 13.5. The molecule has 2 N–H and O–H groups in total. The molecule has 7 nitrogen and oxygen atoms in total. The Hall–Kier alpha value is -1.94. The summed E-state index contributed by atoms with van der Waals surface area (Å²) in [5.74, 6) is 1.45. The molecule has 0 unspecified atom stereocenters. The Morgan fingerprint density at radius 3 is 2.18 bits per heavy atom. The molecular weight excluding hydrogens is 495 g/mol. The van der Waals surface area contributed by atoms with E-state index in [4.69, 9.17) is 0 Å². The van der Waals surface area contributed by atoms with Crippen LogP contribution in [0, 0.1) is 11.8 Å². The molecule has 0 aromatic carbocycles. The lowest BCUT2D eigenvalue weighted by atomic mass is 9.83. The van der Waals surface area contributed by atoms with E-state index in [1.165, 1.54) is 0 Å². The van der Waals surface area contributed by atoms with Crippen molar-refractivity contribution in [1.82, 2.24) is 20.2 Å². The van der Waals surface area contributed by atoms with Crippen molar-refractivity contribution >= 4 is 11.7 Å². The summed E-state index contributed by atoms with van der Waals surface area (Å²) in [6.07, 6.45) is 3.67. The molecular formula is C28H44F3N5O2. The van der Waals surface area contributed by atoms with E-state index >= 15 is 0 Å². The molecule has 0 radical (unpaired) electrons. The van der Waals surface area contributed by atoms with Gasteiger partial charge in [-0.3, -0.25) is 9.69 Å². The number of rotatable bonds is 6. The second-order valence-electron chi connectivity index (χ2n) is 12.5. The second-order valence-corrected chi connectivity index (χ2v) is 12.5. The standard InChI is InChI=1S/C28H44F3N5O2/c1-27(2,3)26-33-23(28(29,30)31)18-24(34-26)36-16-14-35(15-17-36)13-12-19-4-8-21(9-5-19)32-25(38)20-6-10-22(37)11-7-20/h18-22,37H,4-17H2,1-3H3,(H,32,38)/t19-,20-,21-,22+. The van der Waals surface area contributed by atoms with Crippen molar-refractivity contribution in [2.75, 3.05) is 37.6 Å². The van der Waals surface area contributed by atoms with Crippen molar-refractivity contribution in [3.63, 3.8) is 0 Å². The number of aliphatic hydroxyl groups excluding tert-OH is 1. The number of aromatic nitrogens is 2. The van der Waals surface area contributed by atoms with Crippen LogP contribution in [0.25, 0.3) is 0 Å². The van der Waals surface area contributed by atoms with Crippen LogP contribution >= 0.6 is 0 Å². The molecule has 4 rings (SSSR count). The average Bonchev–Trinajstić information content (AvgIpc) is 2.87. The predicted octanol–water partition coefficient (Wildman–Crippen LogP) is 4.53. The maximum Gasteiger partial charge on any atom is 0.433 e. The zero-order valence-electron chi connectivity index (χ0n) is 23.1. The van der Waals surface area contributed by atoms with Gasteiger partial charge in [0.1, 0.15) is 17.3 Å². The van der Waals surface area contributed by atoms with Crippen LogP contribution in [0.15, 0.2) is 6.07 Å². The van der Waals surface area contributed by atoms with Gasteiger partial charge in [0.2, 0.25) is 5.91 Å². The number of amides is 1. The fourth-order valence-electron chi connectivity index (χ4n) is 5.90. The number of anilines is 1. The first-order valence-corrected chi connectivity index (χ1v) is 14.3. The lowest BCUT2D eigenvalue weighted by Crippen LogP contribution is -2.47. The van der Waals surface area contributed by atoms with Gasteiger partial charge in [0.25, 0.3) is 0 Å². The van der Waals surface area contributed by atoms with Crippen molar-refractivity contribution in [1.29, 1.82) is 0 Å². The number of aliphatic hydroxyl groups is 1. The summed E-state index contributed by atoms with van der Waals surface area (Å²) in [7, 11) is 0. The molecule has 2 aliphatic carbocycles. The van der Waals surface area contributed by atoms with E-state index in [0.717, 1.165) is 83.5 Å². The van der Waals surface area contributed by atoms with Gasteiger partial charge in [-0.1, -0.05) is 20.8 Å². The molecule has 0 spiro atoms. The Kier molecular flexibility index (Phi) is 9.22. The SMILES string of the molecule is CC(C)(C)c1nc(N2CCN(CC[C@H]3CC[C@H](NC(=O)[C@H]4CC[C@@H](O)CC4)CC3)CC2)cc(C(F)(F)F)n1. The summed E-state index contributed by atoms with van der Waals surface area (Å²) in [6, 6.07) is 1.35. The van der Waals surface area contributed by atoms with Crippen molar-refractivity contribution in [3.8, 4) is 0 Å². The minimum atomic E-state index is -4.50. The second kappa shape index (κ2) is 12.1. The number of nitrogens with zero attached hydrogens (tertiary/aromatic N) is 4. The number of halogens is 3. The van der Waals surface area contributed by atoms with E-state index in [1.807, 2.05) is 25.7 Å². The van der Waals surface area contributed by atoms with Gasteiger partial charge in [-0.05, 0) is 70.3 Å². The summed E-state index contributed by atoms with van der Waals surface area (Å²) in [5.41, 5.74) is -1.45. The van der Waals surface area contributed by atoms with Crippen LogP contribution < -0.4 is 10.2 Å². The van der Waals surface area contributed by atoms with Crippen molar-refractivity contribution in [3.05, 3.63) is 17.6 Å². The van der Waals surface area contributed by atoms with Gasteiger partial charge >= 0.3 is 6.18 Å². The first kappa shape index (κ1) is 29.1. The number of carbonyl (C=O) groups excluding carboxylic acids is 1. The highest BCUT2D eigenvalue weighted by atomic mass is 19.4. The molecule has 38 heavy (non-hydrogen) atoms. The minimum Gasteiger partial charge on any atom is -0.393 e. The van der Waals surface area contributed by atoms with E-state index in [1.54, 1.807) is 0 Å². The van der Waals surface area contributed by atoms with Gasteiger partial charge in [-0.25, -0.2) is 9.97 Å². The molecule has 1 saturated heterocycles. The normalized spacial score (nSPS) is 27.8. The lowest BCUT2D eigenvalue weighted by Gasteiger charge is -2.37. The third kappa shape index (κ3) is 7.81. The van der Waals surface area contributed by atoms with Gasteiger partial charge in [0.05, 0.1) is 6.10 Å². The summed E-state index contributed by atoms with van der Waals surface area (Å²) in [5, 5.41) is 12.9. The highest BCUT2D eigenvalue weighted by molar-refractivity contribution is 5.79. The van der Waals surface area contributed by atoms with Gasteiger partial charge in [0, 0.05) is 49.6 Å². The van der Waals surface area contributed by atoms with Crippen LogP contribution in [0.2, 0.25) is 0 Å². The number of hydrogen-bond donors (Lipinski definition) is 2. The number of carbonyl (C=O) groups is 1. The van der Waals surface area contributed by atoms with Crippen LogP contribution in [-0.2, 0) is 16.4 Å². The molecule has 10 heteroatoms. The first-order chi connectivity index (χ1) is 17.9. The van der Waals surface area contributed by atoms with Gasteiger partial charge in [-0.15, -0.1) is 0 Å². The molecule has 3 aliphatic rings. The highest BCUT2D eigenvalue weighted by Gasteiger charge is 2.36. The Labute approximate surface area is 224 Å². The number of piperazine rings is 1. The predicted molar refractivity (Wildman–Crippen MR) is 141 cm³/mol.